The molecule has 3 aliphatic heterocycles. The topological polar surface area (TPSA) is 113 Å². The number of rotatable bonds is 3. The molecule has 1 atom stereocenters. The van der Waals surface area contributed by atoms with Crippen LogP contribution in [0.1, 0.15) is 72.7 Å². The number of carbonyl (C=O) groups excluding carboxylic acids is 5. The van der Waals surface area contributed by atoms with Gasteiger partial charge in [-0.05, 0) is 64.0 Å². The van der Waals surface area contributed by atoms with Crippen LogP contribution in [0.3, 0.4) is 0 Å². The Hall–Kier alpha value is -3.23. The van der Waals surface area contributed by atoms with Gasteiger partial charge in [-0.1, -0.05) is 12.1 Å². The fraction of sp³-hybridized carbons (Fsp3) is 0.542. The lowest BCUT2D eigenvalue weighted by atomic mass is 9.87. The quantitative estimate of drug-likeness (QED) is 0.700. The second-order valence-electron chi connectivity index (χ2n) is 9.90. The molecule has 1 unspecified atom stereocenters. The maximum Gasteiger partial charge on any atom is 0.410 e. The minimum absolute atomic E-state index is 0.0902. The van der Waals surface area contributed by atoms with E-state index in [-0.39, 0.29) is 24.9 Å². The number of hydrogen-bond acceptors (Lipinski definition) is 6. The van der Waals surface area contributed by atoms with Crippen LogP contribution in [0.5, 0.6) is 0 Å². The molecule has 2 saturated heterocycles. The molecule has 176 valence electrons. The van der Waals surface area contributed by atoms with E-state index in [4.69, 9.17) is 4.74 Å². The number of ether oxygens (including phenoxy) is 1. The van der Waals surface area contributed by atoms with Gasteiger partial charge in [0.25, 0.3) is 11.8 Å². The van der Waals surface area contributed by atoms with Crippen molar-refractivity contribution in [2.75, 3.05) is 13.1 Å². The summed E-state index contributed by atoms with van der Waals surface area (Å²) in [6, 6.07) is 4.23. The van der Waals surface area contributed by atoms with E-state index < -0.39 is 35.3 Å². The predicted octanol–water partition coefficient (Wildman–Crippen LogP) is 2.28. The molecule has 1 aromatic rings. The highest BCUT2D eigenvalue weighted by molar-refractivity contribution is 6.24. The van der Waals surface area contributed by atoms with Gasteiger partial charge in [0.05, 0.1) is 11.1 Å². The van der Waals surface area contributed by atoms with Crippen molar-refractivity contribution in [3.05, 3.63) is 34.9 Å². The second kappa shape index (κ2) is 8.61. The van der Waals surface area contributed by atoms with E-state index in [1.54, 1.807) is 17.0 Å². The Kier molecular flexibility index (Phi) is 5.99. The van der Waals surface area contributed by atoms with Gasteiger partial charge < -0.3 is 9.64 Å². The van der Waals surface area contributed by atoms with E-state index in [1.807, 2.05) is 26.8 Å². The summed E-state index contributed by atoms with van der Waals surface area (Å²) in [5.74, 6) is -1.73. The van der Waals surface area contributed by atoms with Crippen LogP contribution in [0, 0.1) is 5.92 Å². The summed E-state index contributed by atoms with van der Waals surface area (Å²) in [6.45, 7) is 6.66. The third-order valence-electron chi connectivity index (χ3n) is 6.33. The normalized spacial score (nSPS) is 21.8. The number of carbonyl (C=O) groups is 5. The Morgan fingerprint density at radius 1 is 1.06 bits per heavy atom. The van der Waals surface area contributed by atoms with Crippen molar-refractivity contribution in [2.24, 2.45) is 5.92 Å². The van der Waals surface area contributed by atoms with Crippen LogP contribution in [0.2, 0.25) is 0 Å². The molecule has 0 spiro atoms. The minimum atomic E-state index is -0.972. The number of benzene rings is 1. The van der Waals surface area contributed by atoms with Gasteiger partial charge in [-0.15, -0.1) is 0 Å². The van der Waals surface area contributed by atoms with Crippen LogP contribution in [0.25, 0.3) is 0 Å². The number of likely N-dealkylation sites (tertiary alicyclic amines) is 1. The molecule has 0 aromatic heterocycles. The lowest BCUT2D eigenvalue weighted by molar-refractivity contribution is -0.136. The molecule has 4 rings (SSSR count). The SMILES string of the molecule is CC(C)(C)OC(=O)N1CCC(Cc2cccc3c2C(=O)N(C2CCC(=O)NC2=O)C3=O)CC1. The summed E-state index contributed by atoms with van der Waals surface area (Å²) >= 11 is 0. The molecule has 9 nitrogen and oxygen atoms in total. The zero-order valence-corrected chi connectivity index (χ0v) is 19.2. The lowest BCUT2D eigenvalue weighted by Gasteiger charge is -2.33. The largest absolute Gasteiger partial charge is 0.444 e. The van der Waals surface area contributed by atoms with Gasteiger partial charge in [0.1, 0.15) is 11.6 Å². The van der Waals surface area contributed by atoms with Gasteiger partial charge in [-0.2, -0.15) is 0 Å². The highest BCUT2D eigenvalue weighted by Crippen LogP contribution is 2.32. The molecular formula is C24H29N3O6. The molecule has 0 bridgehead atoms. The van der Waals surface area contributed by atoms with Crippen molar-refractivity contribution in [3.8, 4) is 0 Å². The summed E-state index contributed by atoms with van der Waals surface area (Å²) < 4.78 is 5.45. The number of hydrogen-bond donors (Lipinski definition) is 1. The average Bonchev–Trinajstić information content (AvgIpc) is 2.99. The molecule has 1 aromatic carbocycles. The minimum Gasteiger partial charge on any atom is -0.444 e. The third kappa shape index (κ3) is 4.62. The number of piperidine rings is 2. The first kappa shape index (κ1) is 22.9. The van der Waals surface area contributed by atoms with Crippen LogP contribution < -0.4 is 5.32 Å². The molecule has 33 heavy (non-hydrogen) atoms. The highest BCUT2D eigenvalue weighted by atomic mass is 16.6. The average molecular weight is 456 g/mol. The molecule has 0 saturated carbocycles. The molecule has 3 aliphatic rings. The Morgan fingerprint density at radius 2 is 1.76 bits per heavy atom. The first-order chi connectivity index (χ1) is 15.5. The molecule has 9 heteroatoms. The Bertz CT molecular complexity index is 1020. The standard InChI is InChI=1S/C24H29N3O6/c1-24(2,3)33-23(32)26-11-9-14(10-12-26)13-15-5-4-6-16-19(15)22(31)27(21(16)30)17-7-8-18(28)25-20(17)29/h4-6,14,17H,7-13H2,1-3H3,(H,25,28,29). The summed E-state index contributed by atoms with van der Waals surface area (Å²) in [4.78, 5) is 65.0. The summed E-state index contributed by atoms with van der Waals surface area (Å²) in [5.41, 5.74) is 0.881. The molecule has 2 fully saturated rings. The van der Waals surface area contributed by atoms with Gasteiger partial charge in [-0.3, -0.25) is 29.4 Å². The van der Waals surface area contributed by atoms with Gasteiger partial charge in [-0.25, -0.2) is 4.79 Å². The van der Waals surface area contributed by atoms with E-state index >= 15 is 0 Å². The number of amides is 5. The van der Waals surface area contributed by atoms with Crippen LogP contribution >= 0.6 is 0 Å². The maximum absolute atomic E-state index is 13.2. The van der Waals surface area contributed by atoms with E-state index in [2.05, 4.69) is 5.32 Å². The van der Waals surface area contributed by atoms with Crippen molar-refractivity contribution in [3.63, 3.8) is 0 Å². The van der Waals surface area contributed by atoms with Crippen molar-refractivity contribution >= 4 is 29.7 Å². The van der Waals surface area contributed by atoms with E-state index in [9.17, 15) is 24.0 Å². The van der Waals surface area contributed by atoms with Crippen LogP contribution in [-0.2, 0) is 20.7 Å². The fourth-order valence-corrected chi connectivity index (χ4v) is 4.71. The zero-order chi connectivity index (χ0) is 23.9. The Balaban J connectivity index is 1.45. The number of nitrogens with one attached hydrogen (secondary N) is 1. The summed E-state index contributed by atoms with van der Waals surface area (Å²) in [7, 11) is 0. The monoisotopic (exact) mass is 455 g/mol. The fourth-order valence-electron chi connectivity index (χ4n) is 4.71. The third-order valence-corrected chi connectivity index (χ3v) is 6.33. The molecule has 0 aliphatic carbocycles. The van der Waals surface area contributed by atoms with Crippen LogP contribution in [-0.4, -0.2) is 64.3 Å². The van der Waals surface area contributed by atoms with E-state index in [0.717, 1.165) is 23.3 Å². The van der Waals surface area contributed by atoms with Gasteiger partial charge in [0.15, 0.2) is 0 Å². The molecular weight excluding hydrogens is 426 g/mol. The number of nitrogens with zero attached hydrogens (tertiary/aromatic N) is 2. The number of imide groups is 2. The molecule has 1 N–H and O–H groups in total. The van der Waals surface area contributed by atoms with Gasteiger partial charge in [0.2, 0.25) is 11.8 Å². The highest BCUT2D eigenvalue weighted by Gasteiger charge is 2.45. The second-order valence-corrected chi connectivity index (χ2v) is 9.90. The Morgan fingerprint density at radius 3 is 2.39 bits per heavy atom. The van der Waals surface area contributed by atoms with E-state index in [0.29, 0.717) is 30.6 Å². The van der Waals surface area contributed by atoms with Gasteiger partial charge >= 0.3 is 6.09 Å². The van der Waals surface area contributed by atoms with E-state index in [1.165, 1.54) is 0 Å². The van der Waals surface area contributed by atoms with Crippen molar-refractivity contribution in [1.82, 2.24) is 15.1 Å². The van der Waals surface area contributed by atoms with Crippen molar-refractivity contribution in [2.45, 2.75) is 64.5 Å². The van der Waals surface area contributed by atoms with Gasteiger partial charge in [0, 0.05) is 19.5 Å². The van der Waals surface area contributed by atoms with Crippen molar-refractivity contribution < 1.29 is 28.7 Å². The molecule has 3 heterocycles. The zero-order valence-electron chi connectivity index (χ0n) is 19.2. The van der Waals surface area contributed by atoms with Crippen molar-refractivity contribution in [1.29, 1.82) is 0 Å². The lowest BCUT2D eigenvalue weighted by Crippen LogP contribution is -2.54. The first-order valence-electron chi connectivity index (χ1n) is 11.4. The first-order valence-corrected chi connectivity index (χ1v) is 11.4. The molecule has 0 radical (unpaired) electrons. The Labute approximate surface area is 192 Å². The summed E-state index contributed by atoms with van der Waals surface area (Å²) in [6.07, 6.45) is 2.04. The maximum atomic E-state index is 13.2. The summed E-state index contributed by atoms with van der Waals surface area (Å²) in [5, 5.41) is 2.22. The number of fused-ring (bicyclic) bond motifs is 1. The predicted molar refractivity (Wildman–Crippen MR) is 117 cm³/mol. The van der Waals surface area contributed by atoms with Crippen LogP contribution in [0.4, 0.5) is 4.79 Å². The molecule has 5 amide bonds. The van der Waals surface area contributed by atoms with Crippen LogP contribution in [0.15, 0.2) is 18.2 Å². The smallest absolute Gasteiger partial charge is 0.410 e.